The number of esters is 1. The minimum Gasteiger partial charge on any atom is -0.446 e. The van der Waals surface area contributed by atoms with Gasteiger partial charge in [0.15, 0.2) is 0 Å². The molecule has 0 radical (unpaired) electrons. The third-order valence-electron chi connectivity index (χ3n) is 4.90. The summed E-state index contributed by atoms with van der Waals surface area (Å²) in [5, 5.41) is 5.53. The SMILES string of the molecule is O=C(CNC(=O)C1CCCCC1)O[C@@H](C(=O)NC1CC1)c1ccccc1. The Labute approximate surface area is 153 Å². The number of carbonyl (C=O) groups is 3. The van der Waals surface area contributed by atoms with Crippen LogP contribution in [0.3, 0.4) is 0 Å². The van der Waals surface area contributed by atoms with Crippen LogP contribution in [0.5, 0.6) is 0 Å². The number of carbonyl (C=O) groups excluding carboxylic acids is 3. The van der Waals surface area contributed by atoms with Crippen molar-refractivity contribution in [1.29, 1.82) is 0 Å². The van der Waals surface area contributed by atoms with E-state index in [4.69, 9.17) is 4.74 Å². The molecule has 26 heavy (non-hydrogen) atoms. The molecule has 3 rings (SSSR count). The van der Waals surface area contributed by atoms with Crippen molar-refractivity contribution in [1.82, 2.24) is 10.6 Å². The number of hydrogen-bond acceptors (Lipinski definition) is 4. The molecule has 6 nitrogen and oxygen atoms in total. The van der Waals surface area contributed by atoms with Crippen LogP contribution in [-0.2, 0) is 19.1 Å². The maximum absolute atomic E-state index is 12.4. The minimum atomic E-state index is -0.990. The molecule has 2 N–H and O–H groups in total. The lowest BCUT2D eigenvalue weighted by Crippen LogP contribution is -2.38. The van der Waals surface area contributed by atoms with Gasteiger partial charge in [0, 0.05) is 17.5 Å². The second-order valence-electron chi connectivity index (χ2n) is 7.12. The zero-order chi connectivity index (χ0) is 18.4. The van der Waals surface area contributed by atoms with Gasteiger partial charge in [-0.2, -0.15) is 0 Å². The highest BCUT2D eigenvalue weighted by atomic mass is 16.5. The molecule has 2 saturated carbocycles. The summed E-state index contributed by atoms with van der Waals surface area (Å²) in [6, 6.07) is 9.12. The molecule has 1 atom stereocenters. The molecule has 140 valence electrons. The lowest BCUT2D eigenvalue weighted by Gasteiger charge is -2.21. The van der Waals surface area contributed by atoms with Crippen molar-refractivity contribution in [3.63, 3.8) is 0 Å². The Balaban J connectivity index is 1.54. The lowest BCUT2D eigenvalue weighted by atomic mass is 9.89. The number of nitrogens with one attached hydrogen (secondary N) is 2. The molecular formula is C20H26N2O4. The van der Waals surface area contributed by atoms with Crippen LogP contribution in [0.15, 0.2) is 30.3 Å². The fourth-order valence-electron chi connectivity index (χ4n) is 3.25. The highest BCUT2D eigenvalue weighted by Crippen LogP contribution is 2.24. The summed E-state index contributed by atoms with van der Waals surface area (Å²) in [5.41, 5.74) is 0.623. The summed E-state index contributed by atoms with van der Waals surface area (Å²) in [6.45, 7) is -0.213. The molecular weight excluding hydrogens is 332 g/mol. The van der Waals surface area contributed by atoms with Crippen molar-refractivity contribution >= 4 is 17.8 Å². The number of ether oxygens (including phenoxy) is 1. The van der Waals surface area contributed by atoms with E-state index in [1.807, 2.05) is 6.07 Å². The van der Waals surface area contributed by atoms with Crippen molar-refractivity contribution in [3.8, 4) is 0 Å². The summed E-state index contributed by atoms with van der Waals surface area (Å²) in [4.78, 5) is 36.8. The molecule has 0 bridgehead atoms. The summed E-state index contributed by atoms with van der Waals surface area (Å²) >= 11 is 0. The Hall–Kier alpha value is -2.37. The number of rotatable bonds is 7. The summed E-state index contributed by atoms with van der Waals surface area (Å²) < 4.78 is 5.40. The predicted octanol–water partition coefficient (Wildman–Crippen LogP) is 2.25. The Morgan fingerprint density at radius 2 is 1.69 bits per heavy atom. The Morgan fingerprint density at radius 1 is 1.00 bits per heavy atom. The quantitative estimate of drug-likeness (QED) is 0.732. The second kappa shape index (κ2) is 8.83. The fourth-order valence-corrected chi connectivity index (χ4v) is 3.25. The van der Waals surface area contributed by atoms with Gasteiger partial charge in [0.25, 0.3) is 5.91 Å². The normalized spacial score (nSPS) is 18.6. The van der Waals surface area contributed by atoms with Crippen molar-refractivity contribution in [3.05, 3.63) is 35.9 Å². The molecule has 2 amide bonds. The first-order valence-electron chi connectivity index (χ1n) is 9.46. The highest BCUT2D eigenvalue weighted by molar-refractivity contribution is 5.87. The van der Waals surface area contributed by atoms with E-state index < -0.39 is 12.1 Å². The van der Waals surface area contributed by atoms with Gasteiger partial charge in [-0.3, -0.25) is 14.4 Å². The van der Waals surface area contributed by atoms with E-state index in [2.05, 4.69) is 10.6 Å². The number of amides is 2. The molecule has 0 aromatic heterocycles. The average Bonchev–Trinajstić information content (AvgIpc) is 3.49. The first-order valence-corrected chi connectivity index (χ1v) is 9.46. The number of benzene rings is 1. The van der Waals surface area contributed by atoms with Gasteiger partial charge in [-0.15, -0.1) is 0 Å². The molecule has 0 aliphatic heterocycles. The van der Waals surface area contributed by atoms with E-state index in [-0.39, 0.29) is 30.3 Å². The summed E-state index contributed by atoms with van der Waals surface area (Å²) in [7, 11) is 0. The maximum Gasteiger partial charge on any atom is 0.326 e. The Bertz CT molecular complexity index is 636. The monoisotopic (exact) mass is 358 g/mol. The third kappa shape index (κ3) is 5.31. The van der Waals surface area contributed by atoms with Gasteiger partial charge in [0.05, 0.1) is 0 Å². The van der Waals surface area contributed by atoms with E-state index in [9.17, 15) is 14.4 Å². The maximum atomic E-state index is 12.4. The van der Waals surface area contributed by atoms with Gasteiger partial charge in [-0.05, 0) is 25.7 Å². The molecule has 6 heteroatoms. The standard InChI is InChI=1S/C20H26N2O4/c23-17(13-21-19(24)15-9-5-2-6-10-15)26-18(14-7-3-1-4-8-14)20(25)22-16-11-12-16/h1,3-4,7-8,15-16,18H,2,5-6,9-13H2,(H,21,24)(H,22,25)/t18-/m1/s1. The van der Waals surface area contributed by atoms with Crippen LogP contribution in [0.1, 0.15) is 56.6 Å². The molecule has 2 fully saturated rings. The van der Waals surface area contributed by atoms with Crippen LogP contribution >= 0.6 is 0 Å². The molecule has 0 spiro atoms. The lowest BCUT2D eigenvalue weighted by molar-refractivity contribution is -0.156. The van der Waals surface area contributed by atoms with Crippen LogP contribution < -0.4 is 10.6 Å². The van der Waals surface area contributed by atoms with Crippen LogP contribution in [0, 0.1) is 5.92 Å². The van der Waals surface area contributed by atoms with Crippen molar-refractivity contribution in [2.45, 2.75) is 57.1 Å². The first-order chi connectivity index (χ1) is 12.6. The van der Waals surface area contributed by atoms with E-state index >= 15 is 0 Å². The molecule has 0 saturated heterocycles. The Kier molecular flexibility index (Phi) is 6.26. The predicted molar refractivity (Wildman–Crippen MR) is 96.0 cm³/mol. The number of hydrogen-bond donors (Lipinski definition) is 2. The minimum absolute atomic E-state index is 0.0142. The largest absolute Gasteiger partial charge is 0.446 e. The van der Waals surface area contributed by atoms with Gasteiger partial charge in [0.2, 0.25) is 12.0 Å². The topological polar surface area (TPSA) is 84.5 Å². The molecule has 1 aromatic carbocycles. The average molecular weight is 358 g/mol. The van der Waals surface area contributed by atoms with Gasteiger partial charge < -0.3 is 15.4 Å². The Morgan fingerprint density at radius 3 is 2.35 bits per heavy atom. The van der Waals surface area contributed by atoms with Crippen molar-refractivity contribution < 1.29 is 19.1 Å². The third-order valence-corrected chi connectivity index (χ3v) is 4.90. The van der Waals surface area contributed by atoms with Crippen LogP contribution in [0.4, 0.5) is 0 Å². The van der Waals surface area contributed by atoms with E-state index in [0.717, 1.165) is 38.5 Å². The fraction of sp³-hybridized carbons (Fsp3) is 0.550. The van der Waals surface area contributed by atoms with Gasteiger partial charge in [-0.25, -0.2) is 0 Å². The summed E-state index contributed by atoms with van der Waals surface area (Å²) in [5.74, 6) is -1.03. The van der Waals surface area contributed by atoms with E-state index in [1.165, 1.54) is 6.42 Å². The molecule has 2 aliphatic rings. The van der Waals surface area contributed by atoms with Crippen molar-refractivity contribution in [2.75, 3.05) is 6.54 Å². The van der Waals surface area contributed by atoms with Crippen LogP contribution in [-0.4, -0.2) is 30.4 Å². The zero-order valence-corrected chi connectivity index (χ0v) is 14.9. The zero-order valence-electron chi connectivity index (χ0n) is 14.9. The van der Waals surface area contributed by atoms with Crippen LogP contribution in [0.2, 0.25) is 0 Å². The molecule has 1 aromatic rings. The van der Waals surface area contributed by atoms with Crippen LogP contribution in [0.25, 0.3) is 0 Å². The molecule has 0 unspecified atom stereocenters. The first kappa shape index (κ1) is 18.4. The van der Waals surface area contributed by atoms with Gasteiger partial charge in [-0.1, -0.05) is 49.6 Å². The second-order valence-corrected chi connectivity index (χ2v) is 7.12. The van der Waals surface area contributed by atoms with Gasteiger partial charge >= 0.3 is 5.97 Å². The highest BCUT2D eigenvalue weighted by Gasteiger charge is 2.31. The van der Waals surface area contributed by atoms with E-state index in [1.54, 1.807) is 24.3 Å². The molecule has 0 heterocycles. The van der Waals surface area contributed by atoms with Gasteiger partial charge in [0.1, 0.15) is 6.54 Å². The van der Waals surface area contributed by atoms with Crippen molar-refractivity contribution in [2.24, 2.45) is 5.92 Å². The summed E-state index contributed by atoms with van der Waals surface area (Å²) in [6.07, 6.45) is 5.95. The molecule has 2 aliphatic carbocycles. The van der Waals surface area contributed by atoms with E-state index in [0.29, 0.717) is 5.56 Å². The smallest absolute Gasteiger partial charge is 0.326 e.